The lowest BCUT2D eigenvalue weighted by atomic mass is 10.1. The molecule has 2 heterocycles. The van der Waals surface area contributed by atoms with Gasteiger partial charge in [0.1, 0.15) is 5.82 Å². The molecule has 116 valence electrons. The molecule has 6 heteroatoms. The van der Waals surface area contributed by atoms with E-state index in [1.807, 2.05) is 11.0 Å². The van der Waals surface area contributed by atoms with Crippen molar-refractivity contribution >= 4 is 11.7 Å². The molecule has 1 fully saturated rings. The number of aromatic nitrogens is 2. The molecule has 1 aliphatic rings. The van der Waals surface area contributed by atoms with Crippen LogP contribution >= 0.6 is 0 Å². The van der Waals surface area contributed by atoms with Gasteiger partial charge >= 0.3 is 0 Å². The standard InChI is InChI=1S/C15H25N5O/c1-5-8-16-14-7-6-12(17-18-14)15(21)20-9-11(2)13(10-20)19(3)4/h6-7,11,13H,5,8-10H2,1-4H3,(H,16,18). The Kier molecular flexibility index (Phi) is 5.12. The van der Waals surface area contributed by atoms with E-state index >= 15 is 0 Å². The monoisotopic (exact) mass is 291 g/mol. The van der Waals surface area contributed by atoms with E-state index < -0.39 is 0 Å². The molecule has 1 aliphatic heterocycles. The van der Waals surface area contributed by atoms with Gasteiger partial charge in [-0.3, -0.25) is 4.79 Å². The molecule has 0 aromatic carbocycles. The van der Waals surface area contributed by atoms with Gasteiger partial charge in [-0.1, -0.05) is 13.8 Å². The maximum atomic E-state index is 12.5. The van der Waals surface area contributed by atoms with Gasteiger partial charge in [0.2, 0.25) is 0 Å². The molecule has 2 rings (SSSR count). The van der Waals surface area contributed by atoms with Gasteiger partial charge in [0.15, 0.2) is 5.69 Å². The van der Waals surface area contributed by atoms with Crippen molar-refractivity contribution in [3.63, 3.8) is 0 Å². The molecule has 0 bridgehead atoms. The number of nitrogens with one attached hydrogen (secondary N) is 1. The van der Waals surface area contributed by atoms with Crippen LogP contribution in [0.4, 0.5) is 5.82 Å². The first kappa shape index (κ1) is 15.7. The Morgan fingerprint density at radius 3 is 2.67 bits per heavy atom. The van der Waals surface area contributed by atoms with Crippen LogP contribution in [0.15, 0.2) is 12.1 Å². The topological polar surface area (TPSA) is 61.4 Å². The van der Waals surface area contributed by atoms with E-state index in [-0.39, 0.29) is 5.91 Å². The molecule has 1 aromatic heterocycles. The van der Waals surface area contributed by atoms with Crippen molar-refractivity contribution in [2.75, 3.05) is 39.0 Å². The third-order valence-corrected chi connectivity index (χ3v) is 3.96. The van der Waals surface area contributed by atoms with E-state index in [2.05, 4.69) is 48.4 Å². The summed E-state index contributed by atoms with van der Waals surface area (Å²) in [6.45, 7) is 6.66. The number of carbonyl (C=O) groups excluding carboxylic acids is 1. The van der Waals surface area contributed by atoms with Gasteiger partial charge in [0, 0.05) is 25.7 Å². The average molecular weight is 291 g/mol. The first-order chi connectivity index (χ1) is 10.0. The van der Waals surface area contributed by atoms with Crippen molar-refractivity contribution in [2.24, 2.45) is 5.92 Å². The van der Waals surface area contributed by atoms with Crippen molar-refractivity contribution in [1.82, 2.24) is 20.0 Å². The first-order valence-electron chi connectivity index (χ1n) is 7.56. The summed E-state index contributed by atoms with van der Waals surface area (Å²) in [7, 11) is 4.12. The summed E-state index contributed by atoms with van der Waals surface area (Å²) < 4.78 is 0. The molecule has 6 nitrogen and oxygen atoms in total. The Bertz CT molecular complexity index is 473. The van der Waals surface area contributed by atoms with E-state index in [0.29, 0.717) is 23.5 Å². The summed E-state index contributed by atoms with van der Waals surface area (Å²) in [6.07, 6.45) is 1.03. The zero-order valence-electron chi connectivity index (χ0n) is 13.3. The Hall–Kier alpha value is -1.69. The molecule has 1 saturated heterocycles. The third-order valence-electron chi connectivity index (χ3n) is 3.96. The minimum Gasteiger partial charge on any atom is -0.369 e. The molecule has 21 heavy (non-hydrogen) atoms. The van der Waals surface area contributed by atoms with Gasteiger partial charge in [-0.05, 0) is 38.6 Å². The Morgan fingerprint density at radius 1 is 1.38 bits per heavy atom. The summed E-state index contributed by atoms with van der Waals surface area (Å²) >= 11 is 0. The van der Waals surface area contributed by atoms with E-state index in [4.69, 9.17) is 0 Å². The highest BCUT2D eigenvalue weighted by Crippen LogP contribution is 2.21. The molecule has 0 spiro atoms. The average Bonchev–Trinajstić information content (AvgIpc) is 2.87. The molecule has 1 aromatic rings. The Balaban J connectivity index is 2.00. The maximum Gasteiger partial charge on any atom is 0.274 e. The smallest absolute Gasteiger partial charge is 0.274 e. The normalized spacial score (nSPS) is 21.9. The minimum atomic E-state index is -0.0271. The number of nitrogens with zero attached hydrogens (tertiary/aromatic N) is 4. The van der Waals surface area contributed by atoms with Crippen LogP contribution in [0.2, 0.25) is 0 Å². The first-order valence-corrected chi connectivity index (χ1v) is 7.56. The van der Waals surface area contributed by atoms with Crippen LogP contribution in [0.5, 0.6) is 0 Å². The number of amides is 1. The van der Waals surface area contributed by atoms with Crippen LogP contribution in [0, 0.1) is 5.92 Å². The maximum absolute atomic E-state index is 12.5. The van der Waals surface area contributed by atoms with Crippen molar-refractivity contribution in [2.45, 2.75) is 26.3 Å². The lowest BCUT2D eigenvalue weighted by Gasteiger charge is -2.22. The van der Waals surface area contributed by atoms with Crippen molar-refractivity contribution in [3.05, 3.63) is 17.8 Å². The molecule has 1 amide bonds. The molecular formula is C15H25N5O. The van der Waals surface area contributed by atoms with E-state index in [1.165, 1.54) is 0 Å². The zero-order chi connectivity index (χ0) is 15.4. The Morgan fingerprint density at radius 2 is 2.14 bits per heavy atom. The molecule has 0 saturated carbocycles. The lowest BCUT2D eigenvalue weighted by molar-refractivity contribution is 0.0774. The zero-order valence-corrected chi connectivity index (χ0v) is 13.3. The van der Waals surface area contributed by atoms with Crippen LogP contribution < -0.4 is 5.32 Å². The van der Waals surface area contributed by atoms with Crippen LogP contribution in [-0.4, -0.2) is 65.7 Å². The fraction of sp³-hybridized carbons (Fsp3) is 0.667. The predicted molar refractivity (Wildman–Crippen MR) is 83.4 cm³/mol. The molecular weight excluding hydrogens is 266 g/mol. The lowest BCUT2D eigenvalue weighted by Crippen LogP contribution is -2.36. The van der Waals surface area contributed by atoms with Crippen molar-refractivity contribution in [1.29, 1.82) is 0 Å². The molecule has 0 radical (unpaired) electrons. The largest absolute Gasteiger partial charge is 0.369 e. The van der Waals surface area contributed by atoms with Gasteiger partial charge in [-0.25, -0.2) is 0 Å². The fourth-order valence-electron chi connectivity index (χ4n) is 2.74. The van der Waals surface area contributed by atoms with Gasteiger partial charge in [-0.2, -0.15) is 0 Å². The van der Waals surface area contributed by atoms with E-state index in [1.54, 1.807) is 6.07 Å². The van der Waals surface area contributed by atoms with E-state index in [9.17, 15) is 4.79 Å². The Labute approximate surface area is 126 Å². The van der Waals surface area contributed by atoms with Gasteiger partial charge in [0.25, 0.3) is 5.91 Å². The van der Waals surface area contributed by atoms with Gasteiger partial charge in [-0.15, -0.1) is 10.2 Å². The SMILES string of the molecule is CCCNc1ccc(C(=O)N2CC(C)C(N(C)C)C2)nn1. The summed E-state index contributed by atoms with van der Waals surface area (Å²) in [6, 6.07) is 3.98. The van der Waals surface area contributed by atoms with Crippen molar-refractivity contribution in [3.8, 4) is 0 Å². The third kappa shape index (κ3) is 3.69. The predicted octanol–water partition coefficient (Wildman–Crippen LogP) is 1.32. The van der Waals surface area contributed by atoms with E-state index in [0.717, 1.165) is 26.1 Å². The van der Waals surface area contributed by atoms with Crippen LogP contribution in [0.25, 0.3) is 0 Å². The van der Waals surface area contributed by atoms with Crippen molar-refractivity contribution < 1.29 is 4.79 Å². The second-order valence-corrected chi connectivity index (χ2v) is 5.95. The molecule has 2 atom stereocenters. The van der Waals surface area contributed by atoms with Crippen LogP contribution in [0.1, 0.15) is 30.8 Å². The summed E-state index contributed by atoms with van der Waals surface area (Å²) in [5, 5.41) is 11.3. The van der Waals surface area contributed by atoms with Crippen LogP contribution in [0.3, 0.4) is 0 Å². The number of rotatable bonds is 5. The molecule has 0 aliphatic carbocycles. The van der Waals surface area contributed by atoms with Gasteiger partial charge < -0.3 is 15.1 Å². The number of hydrogen-bond donors (Lipinski definition) is 1. The van der Waals surface area contributed by atoms with Gasteiger partial charge in [0.05, 0.1) is 0 Å². The summed E-state index contributed by atoms with van der Waals surface area (Å²) in [4.78, 5) is 16.5. The number of hydrogen-bond acceptors (Lipinski definition) is 5. The summed E-state index contributed by atoms with van der Waals surface area (Å²) in [5.41, 5.74) is 0.420. The highest BCUT2D eigenvalue weighted by Gasteiger charge is 2.34. The highest BCUT2D eigenvalue weighted by molar-refractivity contribution is 5.92. The quantitative estimate of drug-likeness (QED) is 0.886. The number of anilines is 1. The second kappa shape index (κ2) is 6.85. The van der Waals surface area contributed by atoms with Crippen LogP contribution in [-0.2, 0) is 0 Å². The second-order valence-electron chi connectivity index (χ2n) is 5.95. The number of likely N-dealkylation sites (tertiary alicyclic amines) is 1. The number of likely N-dealkylation sites (N-methyl/N-ethyl adjacent to an activating group) is 1. The minimum absolute atomic E-state index is 0.0271. The highest BCUT2D eigenvalue weighted by atomic mass is 16.2. The summed E-state index contributed by atoms with van der Waals surface area (Å²) in [5.74, 6) is 1.16. The molecule has 2 unspecified atom stereocenters. The number of carbonyl (C=O) groups is 1. The molecule has 1 N–H and O–H groups in total. The fourth-order valence-corrected chi connectivity index (χ4v) is 2.74.